The Balaban J connectivity index is 2.08. The van der Waals surface area contributed by atoms with E-state index in [2.05, 4.69) is 9.97 Å². The molecule has 0 spiro atoms. The summed E-state index contributed by atoms with van der Waals surface area (Å²) >= 11 is 7.98. The molecule has 3 rings (SSSR count). The van der Waals surface area contributed by atoms with E-state index < -0.39 is 5.41 Å². The van der Waals surface area contributed by atoms with Crippen LogP contribution in [0.25, 0.3) is 16.0 Å². The van der Waals surface area contributed by atoms with E-state index in [9.17, 15) is 9.59 Å². The van der Waals surface area contributed by atoms with Gasteiger partial charge < -0.3 is 4.98 Å². The van der Waals surface area contributed by atoms with Gasteiger partial charge in [-0.2, -0.15) is 0 Å². The van der Waals surface area contributed by atoms with Crippen molar-refractivity contribution in [3.8, 4) is 5.69 Å². The van der Waals surface area contributed by atoms with Gasteiger partial charge in [0.1, 0.15) is 10.5 Å². The molecule has 0 aliphatic carbocycles. The normalized spacial score (nSPS) is 11.9. The lowest BCUT2D eigenvalue weighted by Gasteiger charge is -2.15. The van der Waals surface area contributed by atoms with E-state index in [1.165, 1.54) is 28.7 Å². The Kier molecular flexibility index (Phi) is 5.42. The molecule has 3 aromatic rings. The van der Waals surface area contributed by atoms with E-state index in [0.717, 1.165) is 11.3 Å². The van der Waals surface area contributed by atoms with Crippen molar-refractivity contribution in [1.82, 2.24) is 14.5 Å². The molecule has 0 aliphatic rings. The predicted octanol–water partition coefficient (Wildman–Crippen LogP) is 4.83. The summed E-state index contributed by atoms with van der Waals surface area (Å²) in [6.07, 6.45) is 0. The molecular formula is C19H21N3O2S3. The van der Waals surface area contributed by atoms with Crippen LogP contribution in [0, 0.1) is 23.2 Å². The number of thiazole rings is 1. The lowest BCUT2D eigenvalue weighted by atomic mass is 9.92. The average molecular weight is 420 g/mol. The van der Waals surface area contributed by atoms with E-state index in [4.69, 9.17) is 12.2 Å². The summed E-state index contributed by atoms with van der Waals surface area (Å²) in [5.74, 6) is 0.360. The van der Waals surface area contributed by atoms with Gasteiger partial charge in [0.25, 0.3) is 5.56 Å². The molecule has 0 saturated carbocycles. The third-order valence-electron chi connectivity index (χ3n) is 4.35. The van der Waals surface area contributed by atoms with Crippen molar-refractivity contribution in [3.05, 3.63) is 43.6 Å². The number of nitrogens with one attached hydrogen (secondary N) is 1. The number of fused-ring (bicyclic) bond motifs is 1. The number of carbonyl (C=O) groups is 1. The van der Waals surface area contributed by atoms with Crippen LogP contribution >= 0.6 is 35.3 Å². The number of aromatic nitrogens is 3. The van der Waals surface area contributed by atoms with Crippen LogP contribution < -0.4 is 5.56 Å². The van der Waals surface area contributed by atoms with E-state index in [0.29, 0.717) is 19.5 Å². The number of thioether (sulfide) groups is 1. The molecule has 0 saturated heterocycles. The van der Waals surface area contributed by atoms with Crippen LogP contribution in [0.3, 0.4) is 0 Å². The van der Waals surface area contributed by atoms with Crippen LogP contribution in [-0.4, -0.2) is 26.1 Å². The van der Waals surface area contributed by atoms with Crippen LogP contribution in [0.5, 0.6) is 0 Å². The Bertz CT molecular complexity index is 1150. The number of rotatable bonds is 4. The highest BCUT2D eigenvalue weighted by Gasteiger charge is 2.22. The summed E-state index contributed by atoms with van der Waals surface area (Å²) in [6, 6.07) is 6.04. The number of ketones is 1. The van der Waals surface area contributed by atoms with Gasteiger partial charge in [0.2, 0.25) is 0 Å². The number of hydrogen-bond acceptors (Lipinski definition) is 6. The Morgan fingerprint density at radius 2 is 2.00 bits per heavy atom. The lowest BCUT2D eigenvalue weighted by molar-refractivity contribution is -0.123. The van der Waals surface area contributed by atoms with E-state index in [1.807, 2.05) is 57.4 Å². The first-order valence-electron chi connectivity index (χ1n) is 8.47. The number of aryl methyl sites for hydroxylation is 2. The van der Waals surface area contributed by atoms with Crippen molar-refractivity contribution >= 4 is 51.4 Å². The van der Waals surface area contributed by atoms with Crippen molar-refractivity contribution in [1.29, 1.82) is 0 Å². The molecule has 0 unspecified atom stereocenters. The number of carbonyl (C=O) groups excluding carboxylic acids is 1. The van der Waals surface area contributed by atoms with Crippen molar-refractivity contribution < 1.29 is 4.79 Å². The number of aromatic amines is 1. The minimum atomic E-state index is -0.424. The van der Waals surface area contributed by atoms with Gasteiger partial charge in [-0.1, -0.05) is 49.9 Å². The molecule has 2 heterocycles. The molecule has 0 bridgehead atoms. The summed E-state index contributed by atoms with van der Waals surface area (Å²) in [7, 11) is 0. The highest BCUT2D eigenvalue weighted by Crippen LogP contribution is 2.26. The summed E-state index contributed by atoms with van der Waals surface area (Å²) in [6.45, 7) is 9.73. The number of nitrogens with zero attached hydrogens (tertiary/aromatic N) is 2. The van der Waals surface area contributed by atoms with Crippen LogP contribution in [-0.2, 0) is 4.79 Å². The minimum absolute atomic E-state index is 0.103. The van der Waals surface area contributed by atoms with Gasteiger partial charge in [0.15, 0.2) is 14.8 Å². The third-order valence-corrected chi connectivity index (χ3v) is 6.58. The van der Waals surface area contributed by atoms with Crippen molar-refractivity contribution in [2.45, 2.75) is 39.8 Å². The van der Waals surface area contributed by atoms with Crippen molar-refractivity contribution in [3.63, 3.8) is 0 Å². The van der Waals surface area contributed by atoms with Crippen LogP contribution in [0.2, 0.25) is 0 Å². The molecule has 2 aromatic heterocycles. The highest BCUT2D eigenvalue weighted by molar-refractivity contribution is 7.99. The van der Waals surface area contributed by atoms with Gasteiger partial charge in [-0.05, 0) is 49.3 Å². The quantitative estimate of drug-likeness (QED) is 0.373. The molecule has 0 radical (unpaired) electrons. The Hall–Kier alpha value is -1.77. The van der Waals surface area contributed by atoms with Gasteiger partial charge in [0.05, 0.1) is 5.75 Å². The van der Waals surface area contributed by atoms with Gasteiger partial charge in [-0.3, -0.25) is 14.2 Å². The molecule has 8 heteroatoms. The Morgan fingerprint density at radius 3 is 2.63 bits per heavy atom. The number of benzene rings is 1. The number of hydrogen-bond donors (Lipinski definition) is 1. The topological polar surface area (TPSA) is 67.8 Å². The van der Waals surface area contributed by atoms with Crippen LogP contribution in [0.4, 0.5) is 0 Å². The summed E-state index contributed by atoms with van der Waals surface area (Å²) in [5.41, 5.74) is 3.09. The van der Waals surface area contributed by atoms with Gasteiger partial charge in [0, 0.05) is 11.1 Å². The summed E-state index contributed by atoms with van der Waals surface area (Å²) < 4.78 is 2.89. The largest absolute Gasteiger partial charge is 0.300 e. The Labute approximate surface area is 170 Å². The van der Waals surface area contributed by atoms with Crippen LogP contribution in [0.1, 0.15) is 31.9 Å². The molecule has 0 atom stereocenters. The van der Waals surface area contributed by atoms with E-state index >= 15 is 0 Å². The molecule has 27 heavy (non-hydrogen) atoms. The summed E-state index contributed by atoms with van der Waals surface area (Å²) in [5, 5.41) is 0.426. The first kappa shape index (κ1) is 20.0. The fourth-order valence-electron chi connectivity index (χ4n) is 2.40. The number of H-pyrrole nitrogens is 1. The third kappa shape index (κ3) is 4.07. The predicted molar refractivity (Wildman–Crippen MR) is 115 cm³/mol. The highest BCUT2D eigenvalue weighted by atomic mass is 32.2. The maximum Gasteiger partial charge on any atom is 0.271 e. The molecule has 1 aromatic carbocycles. The van der Waals surface area contributed by atoms with Gasteiger partial charge in [-0.25, -0.2) is 4.98 Å². The molecule has 1 N–H and O–H groups in total. The molecule has 142 valence electrons. The van der Waals surface area contributed by atoms with E-state index in [-0.39, 0.29) is 17.1 Å². The molecular weight excluding hydrogens is 398 g/mol. The average Bonchev–Trinajstić information content (AvgIpc) is 2.91. The second-order valence-electron chi connectivity index (χ2n) is 7.46. The zero-order valence-electron chi connectivity index (χ0n) is 15.9. The zero-order valence-corrected chi connectivity index (χ0v) is 18.3. The molecule has 0 aliphatic heterocycles. The fraction of sp³-hybridized carbons (Fsp3) is 0.368. The second-order valence-corrected chi connectivity index (χ2v) is 10.1. The first-order chi connectivity index (χ1) is 12.6. The smallest absolute Gasteiger partial charge is 0.271 e. The van der Waals surface area contributed by atoms with E-state index in [1.54, 1.807) is 0 Å². The van der Waals surface area contributed by atoms with Crippen LogP contribution in [0.15, 0.2) is 28.2 Å². The second kappa shape index (κ2) is 7.33. The fourth-order valence-corrected chi connectivity index (χ4v) is 4.69. The van der Waals surface area contributed by atoms with Gasteiger partial charge >= 0.3 is 0 Å². The molecule has 0 amide bonds. The first-order valence-corrected chi connectivity index (χ1v) is 10.7. The lowest BCUT2D eigenvalue weighted by Crippen LogP contribution is -2.22. The van der Waals surface area contributed by atoms with Crippen molar-refractivity contribution in [2.24, 2.45) is 5.41 Å². The zero-order chi connectivity index (χ0) is 19.9. The minimum Gasteiger partial charge on any atom is -0.300 e. The van der Waals surface area contributed by atoms with Crippen molar-refractivity contribution in [2.75, 3.05) is 5.75 Å². The number of Topliss-reactive ketones (excluding diaryl/α,β-unsaturated/α-hetero) is 1. The standard InChI is InChI=1S/C19H21N3O2S3/c1-10-6-7-12(8-11(10)2)22-15-14(27-18(22)25)16(24)21-17(20-15)26-9-13(23)19(3,4)5/h6-8H,9H2,1-5H3,(H,20,21,24). The summed E-state index contributed by atoms with van der Waals surface area (Å²) in [4.78, 5) is 32.1. The van der Waals surface area contributed by atoms with Gasteiger partial charge in [-0.15, -0.1) is 0 Å². The monoisotopic (exact) mass is 419 g/mol. The maximum absolute atomic E-state index is 12.5. The molecule has 5 nitrogen and oxygen atoms in total. The SMILES string of the molecule is Cc1ccc(-n2c(=S)sc3c(=O)[nH]c(SCC(=O)C(C)(C)C)nc32)cc1C. The Morgan fingerprint density at radius 1 is 1.30 bits per heavy atom. The maximum atomic E-state index is 12.5. The molecule has 0 fully saturated rings.